The lowest BCUT2D eigenvalue weighted by Gasteiger charge is -2.07. The first-order valence-electron chi connectivity index (χ1n) is 3.56. The zero-order chi connectivity index (χ0) is 8.10. The van der Waals surface area contributed by atoms with Crippen molar-refractivity contribution in [2.24, 2.45) is 5.73 Å². The number of alkyl halides is 1. The Labute approximate surface area is 65.3 Å². The number of hydrogen-bond donors (Lipinski definition) is 1. The van der Waals surface area contributed by atoms with Crippen molar-refractivity contribution in [3.8, 4) is 0 Å². The highest BCUT2D eigenvalue weighted by molar-refractivity contribution is 5.12. The zero-order valence-corrected chi connectivity index (χ0v) is 6.20. The second-order valence-corrected chi connectivity index (χ2v) is 2.37. The van der Waals surface area contributed by atoms with Crippen LogP contribution in [0.15, 0.2) is 24.5 Å². The second kappa shape index (κ2) is 4.03. The molecule has 1 aromatic rings. The van der Waals surface area contributed by atoms with Crippen LogP contribution in [0.25, 0.3) is 0 Å². The molecule has 1 atom stereocenters. The van der Waals surface area contributed by atoms with Gasteiger partial charge >= 0.3 is 0 Å². The van der Waals surface area contributed by atoms with Crippen LogP contribution in [0, 0.1) is 0 Å². The van der Waals surface area contributed by atoms with Crippen LogP contribution < -0.4 is 5.73 Å². The van der Waals surface area contributed by atoms with Gasteiger partial charge < -0.3 is 5.73 Å². The minimum atomic E-state index is -0.379. The molecule has 2 N–H and O–H groups in total. The average molecular weight is 154 g/mol. The molecule has 1 rings (SSSR count). The number of rotatable bonds is 3. The van der Waals surface area contributed by atoms with Gasteiger partial charge in [-0.15, -0.1) is 0 Å². The van der Waals surface area contributed by atoms with Crippen LogP contribution >= 0.6 is 0 Å². The number of nitrogens with two attached hydrogens (primary N) is 1. The Morgan fingerprint density at radius 3 is 3.00 bits per heavy atom. The van der Waals surface area contributed by atoms with E-state index in [9.17, 15) is 4.39 Å². The summed E-state index contributed by atoms with van der Waals surface area (Å²) in [7, 11) is 0. The average Bonchev–Trinajstić information content (AvgIpc) is 2.07. The summed E-state index contributed by atoms with van der Waals surface area (Å²) in [5, 5.41) is 0. The molecule has 0 unspecified atom stereocenters. The largest absolute Gasteiger partial charge is 0.324 e. The molecule has 60 valence electrons. The fourth-order valence-corrected chi connectivity index (χ4v) is 0.880. The quantitative estimate of drug-likeness (QED) is 0.715. The van der Waals surface area contributed by atoms with Crippen LogP contribution in [-0.4, -0.2) is 11.7 Å². The Balaban J connectivity index is 2.61. The van der Waals surface area contributed by atoms with Crippen molar-refractivity contribution >= 4 is 0 Å². The molecule has 3 heteroatoms. The van der Waals surface area contributed by atoms with Gasteiger partial charge in [0.25, 0.3) is 0 Å². The summed E-state index contributed by atoms with van der Waals surface area (Å²) in [6.45, 7) is -0.379. The fourth-order valence-electron chi connectivity index (χ4n) is 0.880. The van der Waals surface area contributed by atoms with Crippen molar-refractivity contribution in [2.45, 2.75) is 12.5 Å². The molecule has 0 aliphatic carbocycles. The summed E-state index contributed by atoms with van der Waals surface area (Å²) < 4.78 is 11.8. The summed E-state index contributed by atoms with van der Waals surface area (Å²) in [5.74, 6) is 0. The number of aromatic nitrogens is 1. The van der Waals surface area contributed by atoms with Gasteiger partial charge in [0.1, 0.15) is 0 Å². The minimum absolute atomic E-state index is 0.214. The van der Waals surface area contributed by atoms with Crippen molar-refractivity contribution < 1.29 is 4.39 Å². The summed E-state index contributed by atoms with van der Waals surface area (Å²) in [6.07, 6.45) is 3.71. The predicted octanol–water partition coefficient (Wildman–Crippen LogP) is 1.44. The van der Waals surface area contributed by atoms with Crippen LogP contribution in [-0.2, 0) is 0 Å². The first-order chi connectivity index (χ1) is 5.34. The molecule has 1 aromatic heterocycles. The second-order valence-electron chi connectivity index (χ2n) is 2.37. The molecule has 0 spiro atoms. The van der Waals surface area contributed by atoms with Gasteiger partial charge in [0.15, 0.2) is 0 Å². The van der Waals surface area contributed by atoms with Gasteiger partial charge in [-0.2, -0.15) is 0 Å². The lowest BCUT2D eigenvalue weighted by molar-refractivity contribution is 0.441. The van der Waals surface area contributed by atoms with E-state index in [-0.39, 0.29) is 12.7 Å². The fraction of sp³-hybridized carbons (Fsp3) is 0.375. The third kappa shape index (κ3) is 2.27. The van der Waals surface area contributed by atoms with Gasteiger partial charge in [-0.05, 0) is 18.1 Å². The molecular weight excluding hydrogens is 143 g/mol. The van der Waals surface area contributed by atoms with E-state index < -0.39 is 0 Å². The maximum absolute atomic E-state index is 11.8. The smallest absolute Gasteiger partial charge is 0.0912 e. The molecule has 0 amide bonds. The SMILES string of the molecule is N[C@@H](CCF)c1cccnc1. The number of nitrogens with zero attached hydrogens (tertiary/aromatic N) is 1. The Hall–Kier alpha value is -0.960. The Morgan fingerprint density at radius 2 is 2.45 bits per heavy atom. The lowest BCUT2D eigenvalue weighted by atomic mass is 10.1. The maximum Gasteiger partial charge on any atom is 0.0912 e. The van der Waals surface area contributed by atoms with Gasteiger partial charge in [0.05, 0.1) is 6.67 Å². The van der Waals surface area contributed by atoms with Crippen molar-refractivity contribution in [2.75, 3.05) is 6.67 Å². The minimum Gasteiger partial charge on any atom is -0.324 e. The van der Waals surface area contributed by atoms with E-state index in [0.717, 1.165) is 5.56 Å². The molecule has 11 heavy (non-hydrogen) atoms. The number of halogens is 1. The van der Waals surface area contributed by atoms with E-state index in [1.54, 1.807) is 18.5 Å². The molecule has 1 heterocycles. The van der Waals surface area contributed by atoms with Gasteiger partial charge in [-0.25, -0.2) is 0 Å². The van der Waals surface area contributed by atoms with Crippen molar-refractivity contribution in [1.29, 1.82) is 0 Å². The molecule has 0 radical (unpaired) electrons. The molecule has 0 aliphatic heterocycles. The highest BCUT2D eigenvalue weighted by Crippen LogP contribution is 2.11. The maximum atomic E-state index is 11.8. The highest BCUT2D eigenvalue weighted by Gasteiger charge is 2.03. The van der Waals surface area contributed by atoms with E-state index in [1.807, 2.05) is 6.07 Å². The summed E-state index contributed by atoms with van der Waals surface area (Å²) >= 11 is 0. The van der Waals surface area contributed by atoms with Crippen molar-refractivity contribution in [3.63, 3.8) is 0 Å². The third-order valence-corrected chi connectivity index (χ3v) is 1.53. The first kappa shape index (κ1) is 8.14. The van der Waals surface area contributed by atoms with Gasteiger partial charge in [0.2, 0.25) is 0 Å². The molecule has 0 saturated heterocycles. The molecule has 2 nitrogen and oxygen atoms in total. The monoisotopic (exact) mass is 154 g/mol. The number of pyridine rings is 1. The van der Waals surface area contributed by atoms with Crippen LogP contribution in [0.2, 0.25) is 0 Å². The van der Waals surface area contributed by atoms with Crippen LogP contribution in [0.4, 0.5) is 4.39 Å². The topological polar surface area (TPSA) is 38.9 Å². The summed E-state index contributed by atoms with van der Waals surface area (Å²) in [6, 6.07) is 3.44. The van der Waals surface area contributed by atoms with Crippen LogP contribution in [0.3, 0.4) is 0 Å². The first-order valence-corrected chi connectivity index (χ1v) is 3.56. The van der Waals surface area contributed by atoms with E-state index in [2.05, 4.69) is 4.98 Å². The molecular formula is C8H11FN2. The van der Waals surface area contributed by atoms with E-state index in [0.29, 0.717) is 6.42 Å². The van der Waals surface area contributed by atoms with Gasteiger partial charge in [0, 0.05) is 18.4 Å². The third-order valence-electron chi connectivity index (χ3n) is 1.53. The predicted molar refractivity (Wildman–Crippen MR) is 41.8 cm³/mol. The Bertz CT molecular complexity index is 201. The molecule has 0 bridgehead atoms. The summed E-state index contributed by atoms with van der Waals surface area (Å²) in [5.41, 5.74) is 6.52. The summed E-state index contributed by atoms with van der Waals surface area (Å²) in [4.78, 5) is 3.89. The normalized spacial score (nSPS) is 12.9. The lowest BCUT2D eigenvalue weighted by Crippen LogP contribution is -2.10. The Morgan fingerprint density at radius 1 is 1.64 bits per heavy atom. The Kier molecular flexibility index (Phi) is 2.98. The van der Waals surface area contributed by atoms with E-state index >= 15 is 0 Å². The van der Waals surface area contributed by atoms with Crippen LogP contribution in [0.1, 0.15) is 18.0 Å². The molecule has 0 saturated carbocycles. The number of hydrogen-bond acceptors (Lipinski definition) is 2. The molecule has 0 aromatic carbocycles. The highest BCUT2D eigenvalue weighted by atomic mass is 19.1. The van der Waals surface area contributed by atoms with E-state index in [1.165, 1.54) is 0 Å². The van der Waals surface area contributed by atoms with Crippen molar-refractivity contribution in [1.82, 2.24) is 4.98 Å². The molecule has 0 fully saturated rings. The van der Waals surface area contributed by atoms with E-state index in [4.69, 9.17) is 5.73 Å². The van der Waals surface area contributed by atoms with Gasteiger partial charge in [-0.1, -0.05) is 6.07 Å². The zero-order valence-electron chi connectivity index (χ0n) is 6.20. The van der Waals surface area contributed by atoms with Crippen molar-refractivity contribution in [3.05, 3.63) is 30.1 Å². The van der Waals surface area contributed by atoms with Gasteiger partial charge in [-0.3, -0.25) is 9.37 Å². The standard InChI is InChI=1S/C8H11FN2/c9-4-3-8(10)7-2-1-5-11-6-7/h1-2,5-6,8H,3-4,10H2/t8-/m0/s1. The molecule has 0 aliphatic rings. The van der Waals surface area contributed by atoms with Crippen LogP contribution in [0.5, 0.6) is 0 Å².